The molecule has 5 nitrogen and oxygen atoms in total. The number of hydrogen-bond donors (Lipinski definition) is 2. The molecule has 0 amide bonds. The summed E-state index contributed by atoms with van der Waals surface area (Å²) in [7, 11) is -3.60. The Morgan fingerprint density at radius 2 is 2.05 bits per heavy atom. The van der Waals surface area contributed by atoms with E-state index in [1.54, 1.807) is 12.3 Å². The second-order valence-electron chi connectivity index (χ2n) is 4.72. The Balaban J connectivity index is 2.19. The van der Waals surface area contributed by atoms with Crippen molar-refractivity contribution in [2.75, 3.05) is 11.9 Å². The lowest BCUT2D eigenvalue weighted by Crippen LogP contribution is -2.24. The van der Waals surface area contributed by atoms with Crippen molar-refractivity contribution in [2.45, 2.75) is 25.3 Å². The van der Waals surface area contributed by atoms with Crippen molar-refractivity contribution in [3.63, 3.8) is 0 Å². The number of pyridine rings is 1. The van der Waals surface area contributed by atoms with E-state index in [0.29, 0.717) is 12.2 Å². The molecule has 0 spiro atoms. The number of aryl methyl sites for hydroxylation is 1. The summed E-state index contributed by atoms with van der Waals surface area (Å²) in [5, 5.41) is 3.03. The third kappa shape index (κ3) is 4.03. The van der Waals surface area contributed by atoms with E-state index in [1.165, 1.54) is 6.20 Å². The Morgan fingerprint density at radius 3 is 2.76 bits per heavy atom. The van der Waals surface area contributed by atoms with Crippen LogP contribution in [0.2, 0.25) is 0 Å². The van der Waals surface area contributed by atoms with Crippen LogP contribution in [-0.2, 0) is 16.6 Å². The molecule has 0 saturated carbocycles. The zero-order valence-corrected chi connectivity index (χ0v) is 12.9. The van der Waals surface area contributed by atoms with E-state index in [9.17, 15) is 8.42 Å². The smallest absolute Gasteiger partial charge is 0.244 e. The fourth-order valence-corrected chi connectivity index (χ4v) is 3.15. The Bertz CT molecular complexity index is 714. The number of rotatable bonds is 6. The van der Waals surface area contributed by atoms with E-state index >= 15 is 0 Å². The van der Waals surface area contributed by atoms with Crippen molar-refractivity contribution < 1.29 is 8.42 Å². The second kappa shape index (κ2) is 6.69. The molecule has 0 atom stereocenters. The van der Waals surface area contributed by atoms with Gasteiger partial charge < -0.3 is 5.32 Å². The number of anilines is 1. The van der Waals surface area contributed by atoms with Crippen molar-refractivity contribution in [2.24, 2.45) is 0 Å². The van der Waals surface area contributed by atoms with Gasteiger partial charge in [0.25, 0.3) is 0 Å². The first-order chi connectivity index (χ1) is 10.0. The molecule has 112 valence electrons. The predicted octanol–water partition coefficient (Wildman–Crippen LogP) is 2.30. The average molecular weight is 305 g/mol. The number of nitrogens with one attached hydrogen (secondary N) is 2. The van der Waals surface area contributed by atoms with Crippen LogP contribution in [0.3, 0.4) is 0 Å². The van der Waals surface area contributed by atoms with Gasteiger partial charge in [0, 0.05) is 25.5 Å². The summed E-state index contributed by atoms with van der Waals surface area (Å²) in [5.41, 5.74) is 2.58. The van der Waals surface area contributed by atoms with Gasteiger partial charge in [-0.2, -0.15) is 0 Å². The van der Waals surface area contributed by atoms with Crippen LogP contribution in [0.25, 0.3) is 0 Å². The van der Waals surface area contributed by atoms with Gasteiger partial charge in [0.1, 0.15) is 4.90 Å². The third-order valence-corrected chi connectivity index (χ3v) is 4.42. The van der Waals surface area contributed by atoms with Gasteiger partial charge >= 0.3 is 0 Å². The lowest BCUT2D eigenvalue weighted by Gasteiger charge is -2.12. The molecule has 1 aromatic carbocycles. The maximum Gasteiger partial charge on any atom is 0.244 e. The number of nitrogens with zero attached hydrogens (tertiary/aromatic N) is 1. The average Bonchev–Trinajstić information content (AvgIpc) is 2.46. The highest BCUT2D eigenvalue weighted by Gasteiger charge is 2.18. The Hall–Kier alpha value is -1.92. The monoisotopic (exact) mass is 305 g/mol. The van der Waals surface area contributed by atoms with Gasteiger partial charge in [-0.1, -0.05) is 29.8 Å². The van der Waals surface area contributed by atoms with E-state index in [0.717, 1.165) is 11.1 Å². The summed E-state index contributed by atoms with van der Waals surface area (Å²) in [5.74, 6) is 0. The topological polar surface area (TPSA) is 71.1 Å². The first-order valence-electron chi connectivity index (χ1n) is 6.76. The second-order valence-corrected chi connectivity index (χ2v) is 6.45. The molecule has 0 unspecified atom stereocenters. The molecule has 6 heteroatoms. The maximum atomic E-state index is 12.4. The summed E-state index contributed by atoms with van der Waals surface area (Å²) in [6.45, 7) is 4.79. The molecule has 2 N–H and O–H groups in total. The highest BCUT2D eigenvalue weighted by Crippen LogP contribution is 2.19. The summed E-state index contributed by atoms with van der Waals surface area (Å²) in [6.07, 6.45) is 2.92. The van der Waals surface area contributed by atoms with Crippen LogP contribution >= 0.6 is 0 Å². The summed E-state index contributed by atoms with van der Waals surface area (Å²) >= 11 is 0. The lowest BCUT2D eigenvalue weighted by atomic mass is 10.1. The minimum atomic E-state index is -3.60. The van der Waals surface area contributed by atoms with Crippen molar-refractivity contribution in [1.82, 2.24) is 9.71 Å². The van der Waals surface area contributed by atoms with Gasteiger partial charge in [-0.25, -0.2) is 13.1 Å². The molecule has 1 aromatic heterocycles. The van der Waals surface area contributed by atoms with Gasteiger partial charge in [-0.3, -0.25) is 4.98 Å². The minimum Gasteiger partial charge on any atom is -0.384 e. The van der Waals surface area contributed by atoms with Gasteiger partial charge in [0.05, 0.1) is 5.69 Å². The molecule has 0 fully saturated rings. The zero-order valence-electron chi connectivity index (χ0n) is 12.1. The highest BCUT2D eigenvalue weighted by molar-refractivity contribution is 7.89. The number of sulfonamides is 1. The Labute approximate surface area is 125 Å². The molecule has 0 radical (unpaired) electrons. The van der Waals surface area contributed by atoms with Crippen LogP contribution in [0.15, 0.2) is 47.6 Å². The van der Waals surface area contributed by atoms with Crippen LogP contribution in [0.4, 0.5) is 5.69 Å². The molecule has 1 heterocycles. The number of aromatic nitrogens is 1. The van der Waals surface area contributed by atoms with Gasteiger partial charge in [0.15, 0.2) is 0 Å². The molecule has 21 heavy (non-hydrogen) atoms. The molecular weight excluding hydrogens is 286 g/mol. The molecule has 0 bridgehead atoms. The number of hydrogen-bond acceptors (Lipinski definition) is 4. The first-order valence-corrected chi connectivity index (χ1v) is 8.24. The van der Waals surface area contributed by atoms with E-state index in [1.807, 2.05) is 38.1 Å². The molecule has 0 aliphatic carbocycles. The van der Waals surface area contributed by atoms with Crippen molar-refractivity contribution in [3.8, 4) is 0 Å². The molecule has 0 saturated heterocycles. The molecule has 0 aliphatic heterocycles. The lowest BCUT2D eigenvalue weighted by molar-refractivity contribution is 0.581. The summed E-state index contributed by atoms with van der Waals surface area (Å²) < 4.78 is 27.4. The van der Waals surface area contributed by atoms with Crippen LogP contribution in [0.1, 0.15) is 18.1 Å². The first kappa shape index (κ1) is 15.5. The molecular formula is C15H19N3O2S. The van der Waals surface area contributed by atoms with E-state index in [-0.39, 0.29) is 11.4 Å². The quantitative estimate of drug-likeness (QED) is 0.859. The predicted molar refractivity (Wildman–Crippen MR) is 83.6 cm³/mol. The fourth-order valence-electron chi connectivity index (χ4n) is 2.01. The van der Waals surface area contributed by atoms with E-state index in [2.05, 4.69) is 15.0 Å². The molecule has 0 aliphatic rings. The van der Waals surface area contributed by atoms with Gasteiger partial charge in [-0.05, 0) is 25.5 Å². The Kier molecular flexibility index (Phi) is 4.93. The van der Waals surface area contributed by atoms with E-state index in [4.69, 9.17) is 0 Å². The third-order valence-electron chi connectivity index (χ3n) is 2.99. The standard InChI is InChI=1S/C15H19N3O2S/c1-3-17-14-7-8-16-11-15(14)21(19,20)18-10-13-6-4-5-12(2)9-13/h4-9,11,18H,3,10H2,1-2H3,(H,16,17). The summed E-state index contributed by atoms with van der Waals surface area (Å²) in [6, 6.07) is 9.39. The van der Waals surface area contributed by atoms with Crippen LogP contribution < -0.4 is 10.0 Å². The maximum absolute atomic E-state index is 12.4. The minimum absolute atomic E-state index is 0.166. The van der Waals surface area contributed by atoms with Crippen LogP contribution in [0, 0.1) is 6.92 Å². The number of benzene rings is 1. The van der Waals surface area contributed by atoms with Gasteiger partial charge in [0.2, 0.25) is 10.0 Å². The summed E-state index contributed by atoms with van der Waals surface area (Å²) in [4.78, 5) is 4.07. The fraction of sp³-hybridized carbons (Fsp3) is 0.267. The molecule has 2 aromatic rings. The largest absolute Gasteiger partial charge is 0.384 e. The Morgan fingerprint density at radius 1 is 1.24 bits per heavy atom. The van der Waals surface area contributed by atoms with Gasteiger partial charge in [-0.15, -0.1) is 0 Å². The van der Waals surface area contributed by atoms with E-state index < -0.39 is 10.0 Å². The van der Waals surface area contributed by atoms with Crippen molar-refractivity contribution in [3.05, 3.63) is 53.9 Å². The zero-order chi connectivity index (χ0) is 15.3. The molecule has 2 rings (SSSR count). The van der Waals surface area contributed by atoms with Crippen molar-refractivity contribution >= 4 is 15.7 Å². The van der Waals surface area contributed by atoms with Crippen LogP contribution in [0.5, 0.6) is 0 Å². The SMILES string of the molecule is CCNc1ccncc1S(=O)(=O)NCc1cccc(C)c1. The normalized spacial score (nSPS) is 11.3. The van der Waals surface area contributed by atoms with Crippen molar-refractivity contribution in [1.29, 1.82) is 0 Å². The highest BCUT2D eigenvalue weighted by atomic mass is 32.2. The van der Waals surface area contributed by atoms with Crippen LogP contribution in [-0.4, -0.2) is 19.9 Å².